The van der Waals surface area contributed by atoms with Crippen molar-refractivity contribution in [3.05, 3.63) is 83.8 Å². The zero-order chi connectivity index (χ0) is 16.2. The Balaban J connectivity index is 1.87. The maximum absolute atomic E-state index is 13.0. The molecule has 2 aromatic carbocycles. The molecule has 0 saturated heterocycles. The Bertz CT molecular complexity index is 896. The van der Waals surface area contributed by atoms with Gasteiger partial charge in [0, 0.05) is 18.3 Å². The van der Waals surface area contributed by atoms with Gasteiger partial charge >= 0.3 is 0 Å². The van der Waals surface area contributed by atoms with E-state index in [9.17, 15) is 9.18 Å². The van der Waals surface area contributed by atoms with Crippen LogP contribution in [-0.4, -0.2) is 10.4 Å². The molecule has 0 unspecified atom stereocenters. The number of aromatic nitrogens is 1. The van der Waals surface area contributed by atoms with Crippen molar-refractivity contribution in [2.75, 3.05) is 0 Å². The second kappa shape index (κ2) is 6.33. The number of carbonyl (C=O) groups excluding carboxylic acids is 1. The van der Waals surface area contributed by atoms with Gasteiger partial charge in [0.15, 0.2) is 0 Å². The number of hydrogen-bond acceptors (Lipinski definition) is 1. The lowest BCUT2D eigenvalue weighted by Crippen LogP contribution is -1.97. The third-order valence-electron chi connectivity index (χ3n) is 3.60. The zero-order valence-corrected chi connectivity index (χ0v) is 12.6. The van der Waals surface area contributed by atoms with E-state index in [4.69, 9.17) is 0 Å². The lowest BCUT2D eigenvalue weighted by Gasteiger charge is -2.04. The molecule has 0 N–H and O–H groups in total. The molecule has 0 aliphatic heterocycles. The van der Waals surface area contributed by atoms with Crippen LogP contribution in [0.15, 0.2) is 66.7 Å². The fraction of sp³-hybridized carbons (Fsp3) is 0.0500. The van der Waals surface area contributed by atoms with E-state index in [-0.39, 0.29) is 11.6 Å². The van der Waals surface area contributed by atoms with E-state index in [2.05, 4.69) is 11.8 Å². The van der Waals surface area contributed by atoms with Crippen LogP contribution < -0.4 is 0 Å². The van der Waals surface area contributed by atoms with Crippen molar-refractivity contribution in [1.82, 2.24) is 4.57 Å². The smallest absolute Gasteiger partial charge is 0.236 e. The average molecular weight is 303 g/mol. The van der Waals surface area contributed by atoms with E-state index < -0.39 is 0 Å². The quantitative estimate of drug-likeness (QED) is 0.517. The van der Waals surface area contributed by atoms with Crippen molar-refractivity contribution in [3.63, 3.8) is 0 Å². The average Bonchev–Trinajstić information content (AvgIpc) is 2.95. The molecule has 0 amide bonds. The Labute approximate surface area is 134 Å². The Morgan fingerprint density at radius 3 is 2.35 bits per heavy atom. The number of nitrogens with zero attached hydrogens (tertiary/aromatic N) is 1. The molecule has 0 fully saturated rings. The first-order chi connectivity index (χ1) is 11.1. The summed E-state index contributed by atoms with van der Waals surface area (Å²) in [5.41, 5.74) is 3.12. The van der Waals surface area contributed by atoms with Gasteiger partial charge in [0.1, 0.15) is 5.82 Å². The molecular formula is C20H14FNO. The van der Waals surface area contributed by atoms with Crippen molar-refractivity contribution in [3.8, 4) is 23.1 Å². The number of rotatable bonds is 2. The summed E-state index contributed by atoms with van der Waals surface area (Å²) in [5, 5.41) is 0. The molecule has 0 radical (unpaired) electrons. The minimum Gasteiger partial charge on any atom is -0.337 e. The predicted molar refractivity (Wildman–Crippen MR) is 88.5 cm³/mol. The predicted octanol–water partition coefficient (Wildman–Crippen LogP) is 4.07. The van der Waals surface area contributed by atoms with Gasteiger partial charge < -0.3 is 4.57 Å². The van der Waals surface area contributed by atoms with Crippen LogP contribution in [0.4, 0.5) is 4.39 Å². The summed E-state index contributed by atoms with van der Waals surface area (Å²) in [6.07, 6.45) is 0. The Morgan fingerprint density at radius 1 is 0.957 bits per heavy atom. The Morgan fingerprint density at radius 2 is 1.65 bits per heavy atom. The highest BCUT2D eigenvalue weighted by Crippen LogP contribution is 2.21. The highest BCUT2D eigenvalue weighted by Gasteiger charge is 2.06. The molecule has 3 heteroatoms. The van der Waals surface area contributed by atoms with E-state index in [0.717, 1.165) is 17.0 Å². The molecule has 0 saturated carbocycles. The van der Waals surface area contributed by atoms with Gasteiger partial charge in [-0.2, -0.15) is 0 Å². The highest BCUT2D eigenvalue weighted by molar-refractivity contribution is 6.09. The van der Waals surface area contributed by atoms with E-state index in [1.54, 1.807) is 24.3 Å². The second-order valence-corrected chi connectivity index (χ2v) is 5.11. The van der Waals surface area contributed by atoms with Gasteiger partial charge in [-0.3, -0.25) is 4.79 Å². The number of Topliss-reactive ketones (excluding diaryl/α,β-unsaturated/α-hetero) is 1. The SMILES string of the molecule is Cn1c(C#CC(=O)c2ccccc2)ccc1-c1ccc(F)cc1. The highest BCUT2D eigenvalue weighted by atomic mass is 19.1. The molecule has 1 heterocycles. The molecule has 1 aromatic heterocycles. The Hall–Kier alpha value is -3.12. The van der Waals surface area contributed by atoms with Gasteiger partial charge in [0.25, 0.3) is 0 Å². The third-order valence-corrected chi connectivity index (χ3v) is 3.60. The van der Waals surface area contributed by atoms with E-state index in [0.29, 0.717) is 5.56 Å². The standard InChI is InChI=1S/C20H14FNO/c1-22-18(12-14-20(23)16-5-3-2-4-6-16)11-13-19(22)15-7-9-17(21)10-8-15/h2-11,13H,1H3. The van der Waals surface area contributed by atoms with Gasteiger partial charge in [-0.25, -0.2) is 4.39 Å². The largest absolute Gasteiger partial charge is 0.337 e. The van der Waals surface area contributed by atoms with Crippen LogP contribution in [0.5, 0.6) is 0 Å². The number of carbonyl (C=O) groups is 1. The molecule has 3 rings (SSSR count). The lowest BCUT2D eigenvalue weighted by atomic mass is 10.1. The molecule has 0 atom stereocenters. The third kappa shape index (κ3) is 3.22. The van der Waals surface area contributed by atoms with Crippen LogP contribution >= 0.6 is 0 Å². The van der Waals surface area contributed by atoms with Crippen LogP contribution in [0.25, 0.3) is 11.3 Å². The van der Waals surface area contributed by atoms with Crippen molar-refractivity contribution >= 4 is 5.78 Å². The van der Waals surface area contributed by atoms with Gasteiger partial charge in [-0.15, -0.1) is 0 Å². The maximum atomic E-state index is 13.0. The van der Waals surface area contributed by atoms with E-state index in [1.165, 1.54) is 12.1 Å². The van der Waals surface area contributed by atoms with Crippen molar-refractivity contribution in [2.45, 2.75) is 0 Å². The molecule has 3 aromatic rings. The van der Waals surface area contributed by atoms with E-state index >= 15 is 0 Å². The fourth-order valence-corrected chi connectivity index (χ4v) is 2.33. The van der Waals surface area contributed by atoms with Crippen LogP contribution in [0.2, 0.25) is 0 Å². The van der Waals surface area contributed by atoms with Crippen LogP contribution in [0.3, 0.4) is 0 Å². The van der Waals surface area contributed by atoms with Crippen molar-refractivity contribution in [2.24, 2.45) is 7.05 Å². The molecule has 112 valence electrons. The first-order valence-electron chi connectivity index (χ1n) is 7.18. The van der Waals surface area contributed by atoms with Crippen molar-refractivity contribution in [1.29, 1.82) is 0 Å². The minimum absolute atomic E-state index is 0.213. The summed E-state index contributed by atoms with van der Waals surface area (Å²) < 4.78 is 14.9. The summed E-state index contributed by atoms with van der Waals surface area (Å²) in [6.45, 7) is 0. The molecule has 2 nitrogen and oxygen atoms in total. The summed E-state index contributed by atoms with van der Waals surface area (Å²) in [4.78, 5) is 12.0. The number of ketones is 1. The fourth-order valence-electron chi connectivity index (χ4n) is 2.33. The molecule has 0 aliphatic carbocycles. The number of halogens is 1. The minimum atomic E-state index is -0.267. The van der Waals surface area contributed by atoms with Crippen LogP contribution in [-0.2, 0) is 7.05 Å². The zero-order valence-electron chi connectivity index (χ0n) is 12.6. The van der Waals surface area contributed by atoms with Crippen LogP contribution in [0.1, 0.15) is 16.1 Å². The number of hydrogen-bond donors (Lipinski definition) is 0. The van der Waals surface area contributed by atoms with E-state index in [1.807, 2.05) is 41.9 Å². The first kappa shape index (κ1) is 14.8. The van der Waals surface area contributed by atoms with Crippen LogP contribution in [0, 0.1) is 17.7 Å². The number of benzene rings is 2. The lowest BCUT2D eigenvalue weighted by molar-refractivity contribution is 0.105. The second-order valence-electron chi connectivity index (χ2n) is 5.11. The van der Waals surface area contributed by atoms with Gasteiger partial charge in [-0.1, -0.05) is 30.3 Å². The molecular weight excluding hydrogens is 289 g/mol. The molecule has 23 heavy (non-hydrogen) atoms. The normalized spacial score (nSPS) is 10.0. The van der Waals surface area contributed by atoms with Gasteiger partial charge in [-0.05, 0) is 53.8 Å². The first-order valence-corrected chi connectivity index (χ1v) is 7.18. The monoisotopic (exact) mass is 303 g/mol. The summed E-state index contributed by atoms with van der Waals surface area (Å²) in [5.74, 6) is 5.08. The summed E-state index contributed by atoms with van der Waals surface area (Å²) in [7, 11) is 1.87. The molecule has 0 aliphatic rings. The Kier molecular flexibility index (Phi) is 4.07. The van der Waals surface area contributed by atoms with Gasteiger partial charge in [0.05, 0.1) is 5.69 Å². The maximum Gasteiger partial charge on any atom is 0.236 e. The molecule has 0 spiro atoms. The van der Waals surface area contributed by atoms with Gasteiger partial charge in [0.2, 0.25) is 5.78 Å². The summed E-state index contributed by atoms with van der Waals surface area (Å²) >= 11 is 0. The van der Waals surface area contributed by atoms with Crippen molar-refractivity contribution < 1.29 is 9.18 Å². The molecule has 0 bridgehead atoms. The topological polar surface area (TPSA) is 22.0 Å². The summed E-state index contributed by atoms with van der Waals surface area (Å²) in [6, 6.07) is 19.0.